The van der Waals surface area contributed by atoms with Crippen molar-refractivity contribution in [1.82, 2.24) is 9.80 Å². The van der Waals surface area contributed by atoms with E-state index in [0.29, 0.717) is 11.6 Å². The van der Waals surface area contributed by atoms with Crippen LogP contribution in [-0.4, -0.2) is 63.4 Å². The molecule has 2 aromatic carbocycles. The summed E-state index contributed by atoms with van der Waals surface area (Å²) in [6, 6.07) is 15.1. The largest absolute Gasteiger partial charge is 0.492 e. The summed E-state index contributed by atoms with van der Waals surface area (Å²) in [7, 11) is 5.94. The highest BCUT2D eigenvalue weighted by Gasteiger charge is 2.34. The molecule has 36 heavy (non-hydrogen) atoms. The molecular formula is C31H43ClN2O2. The summed E-state index contributed by atoms with van der Waals surface area (Å²) in [4.78, 5) is 4.72. The molecule has 0 fully saturated rings. The first-order valence-corrected chi connectivity index (χ1v) is 13.3. The smallest absolute Gasteiger partial charge is 0.138 e. The molecular weight excluding hydrogens is 468 g/mol. The van der Waals surface area contributed by atoms with E-state index in [1.54, 1.807) is 7.11 Å². The maximum Gasteiger partial charge on any atom is 0.138 e. The van der Waals surface area contributed by atoms with Crippen molar-refractivity contribution in [2.45, 2.75) is 46.6 Å². The number of nitrogens with zero attached hydrogens (tertiary/aromatic N) is 2. The van der Waals surface area contributed by atoms with E-state index < -0.39 is 0 Å². The van der Waals surface area contributed by atoms with Gasteiger partial charge in [0.2, 0.25) is 0 Å². The van der Waals surface area contributed by atoms with Crippen LogP contribution in [0.1, 0.15) is 50.3 Å². The summed E-state index contributed by atoms with van der Waals surface area (Å²) >= 11 is 6.60. The van der Waals surface area contributed by atoms with Gasteiger partial charge in [-0.05, 0) is 62.5 Å². The topological polar surface area (TPSA) is 24.9 Å². The van der Waals surface area contributed by atoms with Gasteiger partial charge in [0.15, 0.2) is 0 Å². The van der Waals surface area contributed by atoms with Crippen LogP contribution in [0.25, 0.3) is 11.3 Å². The summed E-state index contributed by atoms with van der Waals surface area (Å²) in [6.45, 7) is 12.3. The van der Waals surface area contributed by atoms with Crippen molar-refractivity contribution < 1.29 is 9.47 Å². The van der Waals surface area contributed by atoms with Gasteiger partial charge >= 0.3 is 0 Å². The number of halogens is 1. The zero-order chi connectivity index (χ0) is 26.3. The molecule has 4 nitrogen and oxygen atoms in total. The summed E-state index contributed by atoms with van der Waals surface area (Å²) < 4.78 is 11.7. The lowest BCUT2D eigenvalue weighted by Crippen LogP contribution is -2.44. The quantitative estimate of drug-likeness (QED) is 0.299. The van der Waals surface area contributed by atoms with Gasteiger partial charge < -0.3 is 19.3 Å². The van der Waals surface area contributed by atoms with Gasteiger partial charge in [0.05, 0.1) is 17.3 Å². The number of hydrogen-bond donors (Lipinski definition) is 0. The summed E-state index contributed by atoms with van der Waals surface area (Å²) in [5.41, 5.74) is 6.14. The number of ether oxygens (including phenoxy) is 2. The molecule has 0 spiro atoms. The Bertz CT molecular complexity index is 1070. The molecule has 2 aromatic rings. The minimum atomic E-state index is 0.0593. The second-order valence-corrected chi connectivity index (χ2v) is 11.4. The van der Waals surface area contributed by atoms with Crippen molar-refractivity contribution in [2.75, 3.05) is 47.5 Å². The minimum absolute atomic E-state index is 0.0593. The fourth-order valence-electron chi connectivity index (χ4n) is 4.92. The molecule has 0 radical (unpaired) electrons. The van der Waals surface area contributed by atoms with Crippen LogP contribution in [-0.2, 0) is 4.74 Å². The standard InChI is InChI=1S/C31H43ClN2O2/c1-23-12-8-9-13-25(23)26-14-10-19-34(29(17-21-35-7)31(2,3)4)30(26)24-15-16-27(32)28(22-24)36-20-11-18-33(5)6/h8-10,12-16,22,29H,11,17-21H2,1-7H3/t29-/m0/s1. The van der Waals surface area contributed by atoms with Gasteiger partial charge in [-0.25, -0.2) is 0 Å². The second-order valence-electron chi connectivity index (χ2n) is 10.9. The molecule has 1 heterocycles. The van der Waals surface area contributed by atoms with Crippen LogP contribution in [0.5, 0.6) is 5.75 Å². The van der Waals surface area contributed by atoms with Crippen LogP contribution in [0.3, 0.4) is 0 Å². The van der Waals surface area contributed by atoms with Crippen LogP contribution in [0.4, 0.5) is 0 Å². The Hall–Kier alpha value is -2.27. The third-order valence-electron chi connectivity index (χ3n) is 6.75. The lowest BCUT2D eigenvalue weighted by molar-refractivity contribution is 0.108. The maximum absolute atomic E-state index is 6.60. The molecule has 0 saturated heterocycles. The molecule has 1 aliphatic rings. The first kappa shape index (κ1) is 28.3. The van der Waals surface area contributed by atoms with E-state index in [0.717, 1.165) is 43.9 Å². The highest BCUT2D eigenvalue weighted by molar-refractivity contribution is 6.32. The lowest BCUT2D eigenvalue weighted by atomic mass is 9.81. The van der Waals surface area contributed by atoms with Crippen LogP contribution in [0.15, 0.2) is 54.6 Å². The first-order valence-electron chi connectivity index (χ1n) is 12.9. The monoisotopic (exact) mass is 510 g/mol. The Morgan fingerprint density at radius 3 is 2.50 bits per heavy atom. The fraction of sp³-hybridized carbons (Fsp3) is 0.484. The number of hydrogen-bond acceptors (Lipinski definition) is 4. The van der Waals surface area contributed by atoms with E-state index in [-0.39, 0.29) is 11.5 Å². The number of methoxy groups -OCH3 is 1. The zero-order valence-electron chi connectivity index (χ0n) is 23.1. The Balaban J connectivity index is 2.13. The van der Waals surface area contributed by atoms with E-state index >= 15 is 0 Å². The van der Waals surface area contributed by atoms with Crippen LogP contribution in [0.2, 0.25) is 5.02 Å². The SMILES string of the molecule is COCC[C@H](N1CC=CC(c2ccccc2C)=C1c1ccc(Cl)c(OCCCN(C)C)c1)C(C)(C)C. The predicted molar refractivity (Wildman–Crippen MR) is 154 cm³/mol. The third kappa shape index (κ3) is 7.15. The van der Waals surface area contributed by atoms with Crippen LogP contribution in [0, 0.1) is 12.3 Å². The van der Waals surface area contributed by atoms with Crippen molar-refractivity contribution in [1.29, 1.82) is 0 Å². The highest BCUT2D eigenvalue weighted by atomic mass is 35.5. The lowest BCUT2D eigenvalue weighted by Gasteiger charge is -2.44. The van der Waals surface area contributed by atoms with Crippen molar-refractivity contribution in [2.24, 2.45) is 5.41 Å². The van der Waals surface area contributed by atoms with Gasteiger partial charge in [-0.3, -0.25) is 0 Å². The average Bonchev–Trinajstić information content (AvgIpc) is 2.82. The molecule has 3 rings (SSSR count). The first-order chi connectivity index (χ1) is 17.1. The van der Waals surface area contributed by atoms with Gasteiger partial charge in [-0.1, -0.05) is 74.9 Å². The van der Waals surface area contributed by atoms with E-state index in [1.807, 2.05) is 6.07 Å². The number of benzene rings is 2. The second kappa shape index (κ2) is 12.8. The van der Waals surface area contributed by atoms with Crippen molar-refractivity contribution >= 4 is 22.9 Å². The van der Waals surface area contributed by atoms with E-state index in [4.69, 9.17) is 21.1 Å². The molecule has 1 atom stereocenters. The Labute approximate surface area is 223 Å². The highest BCUT2D eigenvalue weighted by Crippen LogP contribution is 2.41. The van der Waals surface area contributed by atoms with Gasteiger partial charge in [0.1, 0.15) is 5.75 Å². The Morgan fingerprint density at radius 2 is 1.83 bits per heavy atom. The maximum atomic E-state index is 6.60. The zero-order valence-corrected chi connectivity index (χ0v) is 23.9. The molecule has 0 amide bonds. The molecule has 0 N–H and O–H groups in total. The van der Waals surface area contributed by atoms with Crippen molar-refractivity contribution in [3.63, 3.8) is 0 Å². The number of aryl methyl sites for hydroxylation is 1. The minimum Gasteiger partial charge on any atom is -0.492 e. The Kier molecular flexibility index (Phi) is 10.1. The summed E-state index contributed by atoms with van der Waals surface area (Å²) in [6.07, 6.45) is 6.45. The molecule has 196 valence electrons. The number of allylic oxidation sites excluding steroid dienone is 2. The van der Waals surface area contributed by atoms with Gasteiger partial charge in [0, 0.05) is 44.0 Å². The van der Waals surface area contributed by atoms with Crippen molar-refractivity contribution in [3.8, 4) is 5.75 Å². The molecule has 0 aromatic heterocycles. The Morgan fingerprint density at radius 1 is 1.08 bits per heavy atom. The van der Waals surface area contributed by atoms with Gasteiger partial charge in [-0.15, -0.1) is 0 Å². The molecule has 1 aliphatic heterocycles. The van der Waals surface area contributed by atoms with E-state index in [2.05, 4.69) is 100 Å². The molecule has 0 aliphatic carbocycles. The fourth-order valence-corrected chi connectivity index (χ4v) is 5.09. The average molecular weight is 511 g/mol. The predicted octanol–water partition coefficient (Wildman–Crippen LogP) is 7.17. The van der Waals surface area contributed by atoms with Crippen LogP contribution < -0.4 is 4.74 Å². The van der Waals surface area contributed by atoms with E-state index in [9.17, 15) is 0 Å². The van der Waals surface area contributed by atoms with Gasteiger partial charge in [0.25, 0.3) is 0 Å². The third-order valence-corrected chi connectivity index (χ3v) is 7.06. The van der Waals surface area contributed by atoms with Gasteiger partial charge in [-0.2, -0.15) is 0 Å². The van der Waals surface area contributed by atoms with Crippen LogP contribution >= 0.6 is 11.6 Å². The number of rotatable bonds is 11. The molecule has 0 bridgehead atoms. The van der Waals surface area contributed by atoms with Crippen molar-refractivity contribution in [3.05, 3.63) is 76.3 Å². The summed E-state index contributed by atoms with van der Waals surface area (Å²) in [5, 5.41) is 0.645. The normalized spacial score (nSPS) is 15.1. The molecule has 5 heteroatoms. The van der Waals surface area contributed by atoms with E-state index in [1.165, 1.54) is 22.4 Å². The summed E-state index contributed by atoms with van der Waals surface area (Å²) in [5.74, 6) is 0.739. The molecule has 0 unspecified atom stereocenters. The molecule has 0 saturated carbocycles.